The predicted octanol–water partition coefficient (Wildman–Crippen LogP) is 3.98. The van der Waals surface area contributed by atoms with Crippen molar-refractivity contribution in [2.75, 3.05) is 11.9 Å². The monoisotopic (exact) mass is 366 g/mol. The summed E-state index contributed by atoms with van der Waals surface area (Å²) in [7, 11) is 0. The van der Waals surface area contributed by atoms with Gasteiger partial charge >= 0.3 is 0 Å². The Morgan fingerprint density at radius 2 is 1.62 bits per heavy atom. The summed E-state index contributed by atoms with van der Waals surface area (Å²) >= 11 is 5.83. The van der Waals surface area contributed by atoms with Crippen LogP contribution in [0.15, 0.2) is 73.1 Å². The Hall–Kier alpha value is -3.18. The number of halogens is 1. The van der Waals surface area contributed by atoms with Crippen molar-refractivity contribution in [3.63, 3.8) is 0 Å². The number of rotatable bonds is 6. The highest BCUT2D eigenvalue weighted by molar-refractivity contribution is 6.30. The molecule has 0 bridgehead atoms. The smallest absolute Gasteiger partial charge is 0.262 e. The van der Waals surface area contributed by atoms with Crippen LogP contribution in [0.2, 0.25) is 5.02 Å². The van der Waals surface area contributed by atoms with Gasteiger partial charge in [0.05, 0.1) is 11.9 Å². The molecule has 0 saturated carbocycles. The van der Waals surface area contributed by atoms with E-state index in [0.717, 1.165) is 0 Å². The summed E-state index contributed by atoms with van der Waals surface area (Å²) in [6, 6.07) is 16.8. The Bertz CT molecular complexity index is 895. The van der Waals surface area contributed by atoms with E-state index in [-0.39, 0.29) is 18.3 Å². The number of benzene rings is 2. The SMILES string of the molecule is O=C(COc1ccc(C(=O)c2ccc(Cl)cc2)cc1)Nc1cccnc1. The molecule has 0 atom stereocenters. The summed E-state index contributed by atoms with van der Waals surface area (Å²) in [5, 5.41) is 3.26. The molecule has 26 heavy (non-hydrogen) atoms. The van der Waals surface area contributed by atoms with E-state index in [1.54, 1.807) is 73.1 Å². The molecule has 0 aliphatic heterocycles. The number of ether oxygens (including phenoxy) is 1. The molecule has 0 unspecified atom stereocenters. The molecular weight excluding hydrogens is 352 g/mol. The lowest BCUT2D eigenvalue weighted by atomic mass is 10.0. The van der Waals surface area contributed by atoms with Crippen molar-refractivity contribution in [1.82, 2.24) is 4.98 Å². The molecule has 3 rings (SSSR count). The van der Waals surface area contributed by atoms with E-state index in [4.69, 9.17) is 16.3 Å². The van der Waals surface area contributed by atoms with Crippen LogP contribution in [0.3, 0.4) is 0 Å². The van der Waals surface area contributed by atoms with Gasteiger partial charge in [-0.25, -0.2) is 0 Å². The maximum absolute atomic E-state index is 12.4. The summed E-state index contributed by atoms with van der Waals surface area (Å²) in [4.78, 5) is 28.1. The van der Waals surface area contributed by atoms with Gasteiger partial charge in [0.2, 0.25) is 0 Å². The summed E-state index contributed by atoms with van der Waals surface area (Å²) < 4.78 is 5.43. The molecule has 1 aromatic heterocycles. The van der Waals surface area contributed by atoms with Gasteiger partial charge < -0.3 is 10.1 Å². The van der Waals surface area contributed by atoms with E-state index in [9.17, 15) is 9.59 Å². The van der Waals surface area contributed by atoms with Crippen LogP contribution in [0.4, 0.5) is 5.69 Å². The Morgan fingerprint density at radius 3 is 2.23 bits per heavy atom. The highest BCUT2D eigenvalue weighted by Crippen LogP contribution is 2.17. The highest BCUT2D eigenvalue weighted by Gasteiger charge is 2.09. The minimum absolute atomic E-state index is 0.109. The Balaban J connectivity index is 1.56. The molecule has 0 aliphatic carbocycles. The van der Waals surface area contributed by atoms with Crippen molar-refractivity contribution >= 4 is 29.0 Å². The zero-order chi connectivity index (χ0) is 18.4. The fourth-order valence-corrected chi connectivity index (χ4v) is 2.38. The first-order valence-corrected chi connectivity index (χ1v) is 8.22. The first-order valence-electron chi connectivity index (χ1n) is 7.85. The van der Waals surface area contributed by atoms with Crippen molar-refractivity contribution in [2.45, 2.75) is 0 Å². The summed E-state index contributed by atoms with van der Waals surface area (Å²) in [6.07, 6.45) is 3.17. The van der Waals surface area contributed by atoms with Crippen molar-refractivity contribution in [3.05, 3.63) is 89.2 Å². The van der Waals surface area contributed by atoms with E-state index < -0.39 is 0 Å². The molecule has 0 aliphatic rings. The van der Waals surface area contributed by atoms with Gasteiger partial charge in [0, 0.05) is 22.3 Å². The Kier molecular flexibility index (Phi) is 5.61. The maximum atomic E-state index is 12.4. The van der Waals surface area contributed by atoms with Gasteiger partial charge in [-0.2, -0.15) is 0 Å². The van der Waals surface area contributed by atoms with E-state index in [1.165, 1.54) is 0 Å². The van der Waals surface area contributed by atoms with Gasteiger partial charge in [0.1, 0.15) is 5.75 Å². The standard InChI is InChI=1S/C20H15ClN2O3/c21-16-7-3-14(4-8-16)20(25)15-5-9-18(10-6-15)26-13-19(24)23-17-2-1-11-22-12-17/h1-12H,13H2,(H,23,24). The second-order valence-corrected chi connectivity index (χ2v) is 5.88. The average molecular weight is 367 g/mol. The lowest BCUT2D eigenvalue weighted by molar-refractivity contribution is -0.118. The third-order valence-electron chi connectivity index (χ3n) is 3.54. The van der Waals surface area contributed by atoms with Crippen LogP contribution in [0.1, 0.15) is 15.9 Å². The minimum atomic E-state index is -0.292. The van der Waals surface area contributed by atoms with E-state index >= 15 is 0 Å². The molecular formula is C20H15ClN2O3. The molecule has 1 amide bonds. The molecule has 5 nitrogen and oxygen atoms in total. The van der Waals surface area contributed by atoms with Crippen LogP contribution in [-0.4, -0.2) is 23.3 Å². The number of hydrogen-bond donors (Lipinski definition) is 1. The van der Waals surface area contributed by atoms with Crippen molar-refractivity contribution in [1.29, 1.82) is 0 Å². The molecule has 1 heterocycles. The lowest BCUT2D eigenvalue weighted by Gasteiger charge is -2.08. The quantitative estimate of drug-likeness (QED) is 0.670. The zero-order valence-electron chi connectivity index (χ0n) is 13.7. The molecule has 2 aromatic carbocycles. The number of carbonyl (C=O) groups is 2. The van der Waals surface area contributed by atoms with Gasteiger partial charge in [-0.1, -0.05) is 11.6 Å². The fourth-order valence-electron chi connectivity index (χ4n) is 2.25. The third-order valence-corrected chi connectivity index (χ3v) is 3.79. The normalized spacial score (nSPS) is 10.2. The number of nitrogens with zero attached hydrogens (tertiary/aromatic N) is 1. The summed E-state index contributed by atoms with van der Waals surface area (Å²) in [6.45, 7) is -0.140. The number of hydrogen-bond acceptors (Lipinski definition) is 4. The number of nitrogens with one attached hydrogen (secondary N) is 1. The number of pyridine rings is 1. The molecule has 6 heteroatoms. The third kappa shape index (κ3) is 4.68. The number of carbonyl (C=O) groups excluding carboxylic acids is 2. The van der Waals surface area contributed by atoms with Crippen LogP contribution in [0, 0.1) is 0 Å². The van der Waals surface area contributed by atoms with Gasteiger partial charge in [-0.15, -0.1) is 0 Å². The maximum Gasteiger partial charge on any atom is 0.262 e. The molecule has 0 saturated heterocycles. The van der Waals surface area contributed by atoms with Gasteiger partial charge in [0.25, 0.3) is 5.91 Å². The van der Waals surface area contributed by atoms with Crippen LogP contribution in [-0.2, 0) is 4.79 Å². The fraction of sp³-hybridized carbons (Fsp3) is 0.0500. The highest BCUT2D eigenvalue weighted by atomic mass is 35.5. The second kappa shape index (κ2) is 8.27. The summed E-state index contributed by atoms with van der Waals surface area (Å²) in [5.41, 5.74) is 1.68. The van der Waals surface area contributed by atoms with E-state index in [2.05, 4.69) is 10.3 Å². The number of aromatic nitrogens is 1. The molecule has 1 N–H and O–H groups in total. The van der Waals surface area contributed by atoms with Crippen LogP contribution in [0.25, 0.3) is 0 Å². The Labute approximate surface area is 155 Å². The van der Waals surface area contributed by atoms with Crippen molar-refractivity contribution in [3.8, 4) is 5.75 Å². The molecule has 130 valence electrons. The van der Waals surface area contributed by atoms with Crippen LogP contribution in [0.5, 0.6) is 5.75 Å². The molecule has 0 radical (unpaired) electrons. The largest absolute Gasteiger partial charge is 0.484 e. The summed E-state index contributed by atoms with van der Waals surface area (Å²) in [5.74, 6) is 0.0980. The first kappa shape index (κ1) is 17.6. The topological polar surface area (TPSA) is 68.3 Å². The molecule has 0 spiro atoms. The van der Waals surface area contributed by atoms with E-state index in [1.807, 2.05) is 0 Å². The van der Waals surface area contributed by atoms with Gasteiger partial charge in [-0.3, -0.25) is 14.6 Å². The predicted molar refractivity (Wildman–Crippen MR) is 99.7 cm³/mol. The van der Waals surface area contributed by atoms with Crippen LogP contribution < -0.4 is 10.1 Å². The number of ketones is 1. The molecule has 3 aromatic rings. The zero-order valence-corrected chi connectivity index (χ0v) is 14.4. The Morgan fingerprint density at radius 1 is 0.962 bits per heavy atom. The van der Waals surface area contributed by atoms with Crippen molar-refractivity contribution < 1.29 is 14.3 Å². The minimum Gasteiger partial charge on any atom is -0.484 e. The number of anilines is 1. The van der Waals surface area contributed by atoms with Gasteiger partial charge in [0.15, 0.2) is 12.4 Å². The van der Waals surface area contributed by atoms with Crippen molar-refractivity contribution in [2.24, 2.45) is 0 Å². The number of amides is 1. The van der Waals surface area contributed by atoms with Gasteiger partial charge in [-0.05, 0) is 60.7 Å². The van der Waals surface area contributed by atoms with Crippen LogP contribution >= 0.6 is 11.6 Å². The lowest BCUT2D eigenvalue weighted by Crippen LogP contribution is -2.20. The van der Waals surface area contributed by atoms with E-state index in [0.29, 0.717) is 27.6 Å². The molecule has 0 fully saturated rings. The second-order valence-electron chi connectivity index (χ2n) is 5.44. The first-order chi connectivity index (χ1) is 12.6. The average Bonchev–Trinajstić information content (AvgIpc) is 2.68.